The van der Waals surface area contributed by atoms with Gasteiger partial charge in [-0.1, -0.05) is 18.2 Å². The van der Waals surface area contributed by atoms with Crippen LogP contribution in [0.1, 0.15) is 34.9 Å². The molecule has 0 radical (unpaired) electrons. The molecule has 0 atom stereocenters. The largest absolute Gasteiger partial charge is 0.381 e. The van der Waals surface area contributed by atoms with Gasteiger partial charge in [0.15, 0.2) is 5.69 Å². The highest BCUT2D eigenvalue weighted by Gasteiger charge is 2.23. The van der Waals surface area contributed by atoms with Crippen molar-refractivity contribution >= 4 is 22.9 Å². The van der Waals surface area contributed by atoms with Crippen molar-refractivity contribution in [1.29, 1.82) is 0 Å². The Hall–Kier alpha value is -2.44. The van der Waals surface area contributed by atoms with Crippen LogP contribution in [0.15, 0.2) is 59.4 Å². The molecule has 3 heterocycles. The fourth-order valence-electron chi connectivity index (χ4n) is 3.20. The summed E-state index contributed by atoms with van der Waals surface area (Å²) in [5.74, 6) is -0.0757. The Labute approximate surface area is 156 Å². The Morgan fingerprint density at radius 3 is 2.73 bits per heavy atom. The Morgan fingerprint density at radius 1 is 1.19 bits per heavy atom. The van der Waals surface area contributed by atoms with Crippen LogP contribution in [0.2, 0.25) is 0 Å². The molecule has 1 saturated heterocycles. The first kappa shape index (κ1) is 17.0. The average molecular weight is 367 g/mol. The molecule has 1 fully saturated rings. The topological polar surface area (TPSA) is 47.4 Å². The van der Waals surface area contributed by atoms with E-state index in [2.05, 4.69) is 16.5 Å². The number of rotatable bonds is 5. The standard InChI is InChI=1S/C20H21N3O2S/c24-20(19-6-10-23(21-19)18-7-11-25-12-8-18)22(14-16-9-13-26-15-16)17-4-2-1-3-5-17/h1-6,9-10,13,15,18H,7-8,11-12,14H2. The molecule has 0 N–H and O–H groups in total. The molecule has 134 valence electrons. The number of thiophene rings is 1. The zero-order chi connectivity index (χ0) is 17.8. The fraction of sp³-hybridized carbons (Fsp3) is 0.300. The van der Waals surface area contributed by atoms with Crippen LogP contribution in [-0.4, -0.2) is 28.9 Å². The van der Waals surface area contributed by atoms with E-state index in [1.54, 1.807) is 16.2 Å². The molecule has 26 heavy (non-hydrogen) atoms. The van der Waals surface area contributed by atoms with Gasteiger partial charge in [0, 0.05) is 25.1 Å². The van der Waals surface area contributed by atoms with Crippen molar-refractivity contribution in [2.24, 2.45) is 0 Å². The van der Waals surface area contributed by atoms with Crippen LogP contribution in [-0.2, 0) is 11.3 Å². The number of carbonyl (C=O) groups excluding carboxylic acids is 1. The van der Waals surface area contributed by atoms with Gasteiger partial charge in [-0.3, -0.25) is 9.48 Å². The lowest BCUT2D eigenvalue weighted by Crippen LogP contribution is -2.31. The highest BCUT2D eigenvalue weighted by atomic mass is 32.1. The summed E-state index contributed by atoms with van der Waals surface area (Å²) in [6.45, 7) is 2.04. The summed E-state index contributed by atoms with van der Waals surface area (Å²) < 4.78 is 7.34. The Morgan fingerprint density at radius 2 is 2.00 bits per heavy atom. The van der Waals surface area contributed by atoms with Crippen LogP contribution in [0.25, 0.3) is 0 Å². The van der Waals surface area contributed by atoms with Gasteiger partial charge in [-0.2, -0.15) is 16.4 Å². The molecule has 1 amide bonds. The third kappa shape index (κ3) is 3.71. The molecule has 1 aromatic carbocycles. The van der Waals surface area contributed by atoms with Crippen molar-refractivity contribution in [1.82, 2.24) is 9.78 Å². The summed E-state index contributed by atoms with van der Waals surface area (Å²) in [4.78, 5) is 15.0. The molecule has 2 aromatic heterocycles. The number of carbonyl (C=O) groups is 1. The zero-order valence-corrected chi connectivity index (χ0v) is 15.3. The second-order valence-electron chi connectivity index (χ2n) is 6.38. The number of hydrogen-bond donors (Lipinski definition) is 0. The lowest BCUT2D eigenvalue weighted by atomic mass is 10.1. The molecular formula is C20H21N3O2S. The van der Waals surface area contributed by atoms with E-state index >= 15 is 0 Å². The molecule has 1 aliphatic rings. The second-order valence-corrected chi connectivity index (χ2v) is 7.16. The minimum absolute atomic E-state index is 0.0757. The molecule has 0 bridgehead atoms. The van der Waals surface area contributed by atoms with Crippen LogP contribution in [0.5, 0.6) is 0 Å². The first-order valence-electron chi connectivity index (χ1n) is 8.82. The quantitative estimate of drug-likeness (QED) is 0.681. The maximum Gasteiger partial charge on any atom is 0.279 e. The Balaban J connectivity index is 1.59. The van der Waals surface area contributed by atoms with Gasteiger partial charge in [0.25, 0.3) is 5.91 Å². The van der Waals surface area contributed by atoms with Crippen LogP contribution < -0.4 is 4.90 Å². The first-order valence-corrected chi connectivity index (χ1v) is 9.76. The predicted molar refractivity (Wildman–Crippen MR) is 103 cm³/mol. The molecule has 6 heteroatoms. The molecular weight excluding hydrogens is 346 g/mol. The Kier molecular flexibility index (Phi) is 5.13. The summed E-state index contributed by atoms with van der Waals surface area (Å²) in [5, 5.41) is 8.69. The van der Waals surface area contributed by atoms with Crippen molar-refractivity contribution in [2.75, 3.05) is 18.1 Å². The summed E-state index contributed by atoms with van der Waals surface area (Å²) in [5.41, 5.74) is 2.48. The van der Waals surface area contributed by atoms with Gasteiger partial charge in [-0.05, 0) is 53.4 Å². The maximum atomic E-state index is 13.2. The lowest BCUT2D eigenvalue weighted by Gasteiger charge is -2.23. The predicted octanol–water partition coefficient (Wildman–Crippen LogP) is 4.14. The van der Waals surface area contributed by atoms with Gasteiger partial charge in [-0.15, -0.1) is 0 Å². The Bertz CT molecular complexity index is 839. The molecule has 1 aliphatic heterocycles. The lowest BCUT2D eigenvalue weighted by molar-refractivity contribution is 0.0660. The van der Waals surface area contributed by atoms with Crippen molar-refractivity contribution in [3.63, 3.8) is 0 Å². The van der Waals surface area contributed by atoms with E-state index in [1.165, 1.54) is 0 Å². The van der Waals surface area contributed by atoms with Crippen molar-refractivity contribution in [3.05, 3.63) is 70.7 Å². The molecule has 5 nitrogen and oxygen atoms in total. The number of nitrogens with zero attached hydrogens (tertiary/aromatic N) is 3. The van der Waals surface area contributed by atoms with E-state index in [4.69, 9.17) is 4.74 Å². The number of aromatic nitrogens is 2. The van der Waals surface area contributed by atoms with E-state index in [0.29, 0.717) is 18.3 Å². The maximum absolute atomic E-state index is 13.2. The molecule has 3 aromatic rings. The van der Waals surface area contributed by atoms with Gasteiger partial charge < -0.3 is 9.64 Å². The van der Waals surface area contributed by atoms with Crippen LogP contribution >= 0.6 is 11.3 Å². The number of benzene rings is 1. The van der Waals surface area contributed by atoms with Gasteiger partial charge in [0.05, 0.1) is 12.6 Å². The number of anilines is 1. The van der Waals surface area contributed by atoms with Gasteiger partial charge in [0.2, 0.25) is 0 Å². The number of amides is 1. The van der Waals surface area contributed by atoms with E-state index in [1.807, 2.05) is 52.7 Å². The van der Waals surface area contributed by atoms with E-state index in [-0.39, 0.29) is 5.91 Å². The number of para-hydroxylation sites is 1. The fourth-order valence-corrected chi connectivity index (χ4v) is 3.86. The monoisotopic (exact) mass is 367 g/mol. The minimum Gasteiger partial charge on any atom is -0.381 e. The normalized spacial score (nSPS) is 15.1. The smallest absolute Gasteiger partial charge is 0.279 e. The van der Waals surface area contributed by atoms with Gasteiger partial charge in [0.1, 0.15) is 0 Å². The summed E-state index contributed by atoms with van der Waals surface area (Å²) in [6.07, 6.45) is 3.79. The van der Waals surface area contributed by atoms with Gasteiger partial charge >= 0.3 is 0 Å². The molecule has 4 rings (SSSR count). The number of ether oxygens (including phenoxy) is 1. The SMILES string of the molecule is O=C(c1ccn(C2CCOCC2)n1)N(Cc1ccsc1)c1ccccc1. The van der Waals surface area contributed by atoms with Crippen LogP contribution in [0.4, 0.5) is 5.69 Å². The first-order chi connectivity index (χ1) is 12.8. The second kappa shape index (κ2) is 7.85. The van der Waals surface area contributed by atoms with Gasteiger partial charge in [-0.25, -0.2) is 0 Å². The molecule has 0 saturated carbocycles. The third-order valence-electron chi connectivity index (χ3n) is 4.63. The van der Waals surface area contributed by atoms with Crippen molar-refractivity contribution in [2.45, 2.75) is 25.4 Å². The van der Waals surface area contributed by atoms with Crippen LogP contribution in [0, 0.1) is 0 Å². The molecule has 0 spiro atoms. The van der Waals surface area contributed by atoms with Crippen molar-refractivity contribution in [3.8, 4) is 0 Å². The van der Waals surface area contributed by atoms with E-state index in [0.717, 1.165) is 37.3 Å². The summed E-state index contributed by atoms with van der Waals surface area (Å²) in [7, 11) is 0. The van der Waals surface area contributed by atoms with E-state index < -0.39 is 0 Å². The van der Waals surface area contributed by atoms with Crippen LogP contribution in [0.3, 0.4) is 0 Å². The third-order valence-corrected chi connectivity index (χ3v) is 5.36. The highest BCUT2D eigenvalue weighted by molar-refractivity contribution is 7.07. The zero-order valence-electron chi connectivity index (χ0n) is 14.5. The molecule has 0 aliphatic carbocycles. The summed E-state index contributed by atoms with van der Waals surface area (Å²) in [6, 6.07) is 14.0. The molecule has 0 unspecified atom stereocenters. The number of hydrogen-bond acceptors (Lipinski definition) is 4. The average Bonchev–Trinajstić information content (AvgIpc) is 3.39. The summed E-state index contributed by atoms with van der Waals surface area (Å²) >= 11 is 1.64. The minimum atomic E-state index is -0.0757. The van der Waals surface area contributed by atoms with Crippen molar-refractivity contribution < 1.29 is 9.53 Å². The van der Waals surface area contributed by atoms with E-state index in [9.17, 15) is 4.79 Å². The highest BCUT2D eigenvalue weighted by Crippen LogP contribution is 2.23.